The van der Waals surface area contributed by atoms with Crippen molar-refractivity contribution < 1.29 is 22.7 Å². The highest BCUT2D eigenvalue weighted by Crippen LogP contribution is 2.34. The molecule has 4 nitrogen and oxygen atoms in total. The van der Waals surface area contributed by atoms with Gasteiger partial charge in [0.05, 0.1) is 28.6 Å². The molecule has 1 heterocycles. The molecular weight excluding hydrogens is 335 g/mol. The number of alkyl halides is 3. The monoisotopic (exact) mass is 349 g/mol. The van der Waals surface area contributed by atoms with Crippen LogP contribution in [0.25, 0.3) is 21.8 Å². The van der Waals surface area contributed by atoms with E-state index in [2.05, 4.69) is 0 Å². The first-order chi connectivity index (χ1) is 11.8. The largest absolute Gasteiger partial charge is 0.465 e. The SMILES string of the molecule is CCOC(=O)Cn1c2ccccc2c(=O)c2c(C(F)(F)F)cccc21. The van der Waals surface area contributed by atoms with Crippen molar-refractivity contribution in [2.75, 3.05) is 6.61 Å². The highest BCUT2D eigenvalue weighted by atomic mass is 19.4. The van der Waals surface area contributed by atoms with E-state index in [1.165, 1.54) is 22.8 Å². The van der Waals surface area contributed by atoms with Gasteiger partial charge in [-0.3, -0.25) is 9.59 Å². The second kappa shape index (κ2) is 6.23. The maximum atomic E-state index is 13.4. The number of ether oxygens (including phenoxy) is 1. The van der Waals surface area contributed by atoms with Gasteiger partial charge in [-0.2, -0.15) is 13.2 Å². The van der Waals surface area contributed by atoms with Crippen LogP contribution in [0.15, 0.2) is 47.3 Å². The fourth-order valence-corrected chi connectivity index (χ4v) is 2.91. The van der Waals surface area contributed by atoms with Crippen molar-refractivity contribution >= 4 is 27.8 Å². The van der Waals surface area contributed by atoms with Crippen LogP contribution in [-0.2, 0) is 22.3 Å². The molecule has 0 saturated carbocycles. The molecule has 0 N–H and O–H groups in total. The van der Waals surface area contributed by atoms with Crippen molar-refractivity contribution in [1.29, 1.82) is 0 Å². The molecule has 0 bridgehead atoms. The molecule has 0 fully saturated rings. The van der Waals surface area contributed by atoms with Gasteiger partial charge in [-0.1, -0.05) is 18.2 Å². The van der Waals surface area contributed by atoms with Crippen molar-refractivity contribution in [3.05, 3.63) is 58.3 Å². The number of esters is 1. The zero-order valence-corrected chi connectivity index (χ0v) is 13.3. The van der Waals surface area contributed by atoms with Crippen molar-refractivity contribution in [3.63, 3.8) is 0 Å². The van der Waals surface area contributed by atoms with Gasteiger partial charge in [0.25, 0.3) is 0 Å². The Morgan fingerprint density at radius 2 is 1.76 bits per heavy atom. The predicted molar refractivity (Wildman–Crippen MR) is 87.3 cm³/mol. The molecule has 1 aromatic heterocycles. The number of carbonyl (C=O) groups excluding carboxylic acids is 1. The van der Waals surface area contributed by atoms with E-state index in [9.17, 15) is 22.8 Å². The number of para-hydroxylation sites is 1. The van der Waals surface area contributed by atoms with Crippen molar-refractivity contribution in [1.82, 2.24) is 4.57 Å². The summed E-state index contributed by atoms with van der Waals surface area (Å²) < 4.78 is 46.4. The van der Waals surface area contributed by atoms with Crippen LogP contribution in [0.5, 0.6) is 0 Å². The molecule has 3 rings (SSSR count). The smallest absolute Gasteiger partial charge is 0.417 e. The first-order valence-corrected chi connectivity index (χ1v) is 7.61. The normalized spacial score (nSPS) is 11.8. The summed E-state index contributed by atoms with van der Waals surface area (Å²) in [6, 6.07) is 9.76. The second-order valence-electron chi connectivity index (χ2n) is 5.43. The van der Waals surface area contributed by atoms with Gasteiger partial charge in [0.2, 0.25) is 0 Å². The Labute approximate surface area is 140 Å². The van der Waals surface area contributed by atoms with E-state index < -0.39 is 28.5 Å². The first-order valence-electron chi connectivity index (χ1n) is 7.61. The topological polar surface area (TPSA) is 48.3 Å². The number of nitrogens with zero attached hydrogens (tertiary/aromatic N) is 1. The molecule has 130 valence electrons. The summed E-state index contributed by atoms with van der Waals surface area (Å²) in [5, 5.41) is -0.325. The Balaban J connectivity index is 2.45. The highest BCUT2D eigenvalue weighted by molar-refractivity contribution is 5.96. The molecule has 0 aliphatic rings. The van der Waals surface area contributed by atoms with Gasteiger partial charge in [0.15, 0.2) is 5.43 Å². The Morgan fingerprint density at radius 1 is 1.08 bits per heavy atom. The minimum atomic E-state index is -4.68. The van der Waals surface area contributed by atoms with E-state index >= 15 is 0 Å². The number of aromatic nitrogens is 1. The Morgan fingerprint density at radius 3 is 2.44 bits per heavy atom. The van der Waals surface area contributed by atoms with E-state index in [4.69, 9.17) is 4.74 Å². The summed E-state index contributed by atoms with van der Waals surface area (Å²) in [5.74, 6) is -0.588. The standard InChI is InChI=1S/C18H14F3NO3/c1-2-25-15(23)10-22-13-8-4-3-6-11(13)17(24)16-12(18(19,20)21)7-5-9-14(16)22/h3-9H,2,10H2,1H3. The van der Waals surface area contributed by atoms with Gasteiger partial charge < -0.3 is 9.30 Å². The summed E-state index contributed by atoms with van der Waals surface area (Å²) in [6.45, 7) is 1.51. The molecule has 0 aliphatic carbocycles. The van der Waals surface area contributed by atoms with Gasteiger partial charge in [-0.15, -0.1) is 0 Å². The van der Waals surface area contributed by atoms with Crippen LogP contribution in [0, 0.1) is 0 Å². The number of pyridine rings is 1. The van der Waals surface area contributed by atoms with E-state index in [1.54, 1.807) is 25.1 Å². The molecular formula is C18H14F3NO3. The number of hydrogen-bond donors (Lipinski definition) is 0. The molecule has 25 heavy (non-hydrogen) atoms. The van der Waals surface area contributed by atoms with Gasteiger partial charge >= 0.3 is 12.1 Å². The minimum absolute atomic E-state index is 0.0478. The fraction of sp³-hybridized carbons (Fsp3) is 0.222. The number of fused-ring (bicyclic) bond motifs is 2. The predicted octanol–water partition coefficient (Wildman–Crippen LogP) is 3.74. The Kier molecular flexibility index (Phi) is 4.24. The summed E-state index contributed by atoms with van der Waals surface area (Å²) in [6.07, 6.45) is -4.68. The third-order valence-corrected chi connectivity index (χ3v) is 3.90. The molecule has 0 unspecified atom stereocenters. The summed E-state index contributed by atoms with van der Waals surface area (Å²) in [7, 11) is 0. The van der Waals surface area contributed by atoms with Crippen molar-refractivity contribution in [3.8, 4) is 0 Å². The number of hydrogen-bond acceptors (Lipinski definition) is 3. The average Bonchev–Trinajstić information content (AvgIpc) is 2.57. The Hall–Kier alpha value is -2.83. The van der Waals surface area contributed by atoms with Crippen molar-refractivity contribution in [2.24, 2.45) is 0 Å². The molecule has 2 aromatic carbocycles. The van der Waals surface area contributed by atoms with Crippen LogP contribution >= 0.6 is 0 Å². The average molecular weight is 349 g/mol. The number of carbonyl (C=O) groups is 1. The Bertz CT molecular complexity index is 1020. The number of benzene rings is 2. The van der Waals surface area contributed by atoms with E-state index in [0.29, 0.717) is 5.52 Å². The quantitative estimate of drug-likeness (QED) is 0.535. The lowest BCUT2D eigenvalue weighted by Gasteiger charge is -2.17. The van der Waals surface area contributed by atoms with Gasteiger partial charge in [-0.25, -0.2) is 0 Å². The van der Waals surface area contributed by atoms with Crippen LogP contribution in [0.2, 0.25) is 0 Å². The number of rotatable bonds is 3. The van der Waals surface area contributed by atoms with Crippen molar-refractivity contribution in [2.45, 2.75) is 19.6 Å². The lowest BCUT2D eigenvalue weighted by Crippen LogP contribution is -2.20. The van der Waals surface area contributed by atoms with Crippen LogP contribution in [0.4, 0.5) is 13.2 Å². The van der Waals surface area contributed by atoms with Gasteiger partial charge in [-0.05, 0) is 31.2 Å². The molecule has 0 saturated heterocycles. The number of halogens is 3. The maximum absolute atomic E-state index is 13.4. The molecule has 0 atom stereocenters. The third-order valence-electron chi connectivity index (χ3n) is 3.90. The molecule has 0 aliphatic heterocycles. The van der Waals surface area contributed by atoms with Gasteiger partial charge in [0.1, 0.15) is 6.54 Å². The van der Waals surface area contributed by atoms with E-state index in [0.717, 1.165) is 6.07 Å². The second-order valence-corrected chi connectivity index (χ2v) is 5.43. The van der Waals surface area contributed by atoms with E-state index in [-0.39, 0.29) is 24.1 Å². The van der Waals surface area contributed by atoms with Gasteiger partial charge in [0, 0.05) is 5.39 Å². The zero-order valence-electron chi connectivity index (χ0n) is 13.3. The van der Waals surface area contributed by atoms with E-state index in [1.807, 2.05) is 0 Å². The zero-order chi connectivity index (χ0) is 18.2. The van der Waals surface area contributed by atoms with Crippen LogP contribution in [0.3, 0.4) is 0 Å². The highest BCUT2D eigenvalue weighted by Gasteiger charge is 2.34. The summed E-state index contributed by atoms with van der Waals surface area (Å²) >= 11 is 0. The third kappa shape index (κ3) is 2.97. The van der Waals surface area contributed by atoms with Crippen LogP contribution < -0.4 is 5.43 Å². The fourth-order valence-electron chi connectivity index (χ4n) is 2.91. The summed E-state index contributed by atoms with van der Waals surface area (Å²) in [4.78, 5) is 24.6. The molecule has 7 heteroatoms. The lowest BCUT2D eigenvalue weighted by atomic mass is 10.0. The lowest BCUT2D eigenvalue weighted by molar-refractivity contribution is -0.143. The van der Waals surface area contributed by atoms with Crippen LogP contribution in [0.1, 0.15) is 12.5 Å². The molecule has 3 aromatic rings. The molecule has 0 spiro atoms. The molecule has 0 amide bonds. The minimum Gasteiger partial charge on any atom is -0.465 e. The maximum Gasteiger partial charge on any atom is 0.417 e. The summed E-state index contributed by atoms with van der Waals surface area (Å²) in [5.41, 5.74) is -1.30. The first kappa shape index (κ1) is 17.0. The molecule has 0 radical (unpaired) electrons. The van der Waals surface area contributed by atoms with Crippen LogP contribution in [-0.4, -0.2) is 17.1 Å².